The van der Waals surface area contributed by atoms with E-state index < -0.39 is 47.5 Å². The van der Waals surface area contributed by atoms with Gasteiger partial charge >= 0.3 is 12.1 Å². The molecule has 6 N–H and O–H groups in total. The van der Waals surface area contributed by atoms with Gasteiger partial charge in [-0.25, -0.2) is 31.9 Å². The van der Waals surface area contributed by atoms with E-state index in [1.807, 2.05) is 6.07 Å². The Labute approximate surface area is 212 Å². The van der Waals surface area contributed by atoms with E-state index in [-0.39, 0.29) is 17.9 Å². The number of sulfone groups is 1. The third-order valence-corrected chi connectivity index (χ3v) is 7.83. The SMILES string of the molecule is NCCS(=O)(=O)c1ccc(-c2cccc3cnccc23)c(-c2nnn[nH]2)c1S(N)(=O)=O.O=C(O)C(F)(F)F. The smallest absolute Gasteiger partial charge is 0.475 e. The number of carbonyl (C=O) groups is 1. The number of carboxylic acids is 1. The highest BCUT2D eigenvalue weighted by molar-refractivity contribution is 7.93. The minimum Gasteiger partial charge on any atom is -0.475 e. The Morgan fingerprint density at radius 2 is 1.74 bits per heavy atom. The first-order valence-electron chi connectivity index (χ1n) is 10.2. The summed E-state index contributed by atoms with van der Waals surface area (Å²) in [7, 11) is -8.58. The van der Waals surface area contributed by atoms with Crippen LogP contribution in [0.2, 0.25) is 0 Å². The van der Waals surface area contributed by atoms with Crippen molar-refractivity contribution < 1.29 is 39.9 Å². The molecule has 4 aromatic rings. The zero-order valence-electron chi connectivity index (χ0n) is 18.9. The molecular weight excluding hydrogens is 555 g/mol. The Balaban J connectivity index is 0.000000505. The van der Waals surface area contributed by atoms with E-state index in [1.54, 1.807) is 30.6 Å². The second kappa shape index (κ2) is 10.8. The number of hydrogen-bond donors (Lipinski definition) is 4. The Hall–Kier alpha value is -4.00. The number of nitrogens with two attached hydrogens (primary N) is 2. The van der Waals surface area contributed by atoms with Crippen molar-refractivity contribution in [2.24, 2.45) is 10.9 Å². The number of hydrogen-bond acceptors (Lipinski definition) is 10. The molecule has 0 atom stereocenters. The molecule has 13 nitrogen and oxygen atoms in total. The summed E-state index contributed by atoms with van der Waals surface area (Å²) in [6.07, 6.45) is -1.82. The summed E-state index contributed by atoms with van der Waals surface area (Å²) in [5.41, 5.74) is 6.38. The van der Waals surface area contributed by atoms with Crippen molar-refractivity contribution in [3.63, 3.8) is 0 Å². The summed E-state index contributed by atoms with van der Waals surface area (Å²) in [6, 6.07) is 9.88. The van der Waals surface area contributed by atoms with Gasteiger partial charge in [-0.05, 0) is 39.1 Å². The highest BCUT2D eigenvalue weighted by atomic mass is 32.2. The first-order valence-corrected chi connectivity index (χ1v) is 13.4. The van der Waals surface area contributed by atoms with E-state index in [9.17, 15) is 30.0 Å². The lowest BCUT2D eigenvalue weighted by molar-refractivity contribution is -0.192. The Morgan fingerprint density at radius 1 is 1.05 bits per heavy atom. The van der Waals surface area contributed by atoms with Crippen molar-refractivity contribution >= 4 is 36.6 Å². The molecule has 0 radical (unpaired) electrons. The van der Waals surface area contributed by atoms with Crippen molar-refractivity contribution in [3.8, 4) is 22.5 Å². The molecule has 0 saturated carbocycles. The quantitative estimate of drug-likeness (QED) is 0.255. The summed E-state index contributed by atoms with van der Waals surface area (Å²) in [6.45, 7) is -0.191. The number of halogens is 3. The highest BCUT2D eigenvalue weighted by Crippen LogP contribution is 2.41. The van der Waals surface area contributed by atoms with E-state index in [0.717, 1.165) is 10.8 Å². The van der Waals surface area contributed by atoms with Gasteiger partial charge in [-0.3, -0.25) is 4.98 Å². The molecule has 0 bridgehead atoms. The molecule has 202 valence electrons. The molecule has 0 amide bonds. The van der Waals surface area contributed by atoms with Crippen LogP contribution in [-0.4, -0.2) is 72.0 Å². The van der Waals surface area contributed by atoms with Crippen LogP contribution in [0.1, 0.15) is 0 Å². The maximum atomic E-state index is 12.8. The number of fused-ring (bicyclic) bond motifs is 1. The number of pyridine rings is 1. The van der Waals surface area contributed by atoms with Gasteiger partial charge in [0.1, 0.15) is 4.90 Å². The topological polar surface area (TPSA) is 225 Å². The normalized spacial score (nSPS) is 12.1. The molecule has 0 aliphatic heterocycles. The molecule has 2 aromatic heterocycles. The van der Waals surface area contributed by atoms with Crippen LogP contribution in [0.15, 0.2) is 58.6 Å². The summed E-state index contributed by atoms with van der Waals surface area (Å²) in [5, 5.41) is 27.6. The molecule has 38 heavy (non-hydrogen) atoms. The van der Waals surface area contributed by atoms with Crippen LogP contribution in [0.25, 0.3) is 33.3 Å². The average Bonchev–Trinajstić information content (AvgIpc) is 3.37. The van der Waals surface area contributed by atoms with Crippen molar-refractivity contribution in [2.45, 2.75) is 16.0 Å². The number of aromatic nitrogens is 5. The molecule has 2 aromatic carbocycles. The third kappa shape index (κ3) is 6.10. The summed E-state index contributed by atoms with van der Waals surface area (Å²) < 4.78 is 82.7. The molecule has 0 saturated heterocycles. The Kier molecular flexibility index (Phi) is 8.10. The molecule has 0 aliphatic carbocycles. The van der Waals surface area contributed by atoms with Gasteiger partial charge < -0.3 is 10.8 Å². The Bertz CT molecular complexity index is 1690. The zero-order chi connectivity index (χ0) is 28.3. The average molecular weight is 574 g/mol. The summed E-state index contributed by atoms with van der Waals surface area (Å²) in [4.78, 5) is 11.9. The first-order chi connectivity index (χ1) is 17.7. The lowest BCUT2D eigenvalue weighted by Crippen LogP contribution is -2.22. The molecule has 4 rings (SSSR count). The van der Waals surface area contributed by atoms with Crippen molar-refractivity contribution in [2.75, 3.05) is 12.3 Å². The van der Waals surface area contributed by atoms with Gasteiger partial charge in [-0.2, -0.15) is 13.2 Å². The van der Waals surface area contributed by atoms with Crippen LogP contribution in [0.3, 0.4) is 0 Å². The molecular formula is C20H18F3N7O6S2. The van der Waals surface area contributed by atoms with Crippen LogP contribution in [-0.2, 0) is 24.7 Å². The van der Waals surface area contributed by atoms with Crippen molar-refractivity contribution in [1.82, 2.24) is 25.6 Å². The summed E-state index contributed by atoms with van der Waals surface area (Å²) >= 11 is 0. The van der Waals surface area contributed by atoms with E-state index in [0.29, 0.717) is 11.1 Å². The number of rotatable bonds is 6. The standard InChI is InChI=1S/C18H17N7O4S2.C2HF3O2/c19-7-9-30(26,27)15-5-4-14(13-3-1-2-11-10-21-8-6-12(11)13)16(17(15)31(20,28)29)18-22-24-25-23-18;3-2(4,5)1(6)7/h1-6,8,10H,7,9,19H2,(H2,20,28,29)(H,22,23,24,25);(H,6,7). The molecule has 0 fully saturated rings. The van der Waals surface area contributed by atoms with Gasteiger partial charge in [0, 0.05) is 29.9 Å². The maximum absolute atomic E-state index is 12.8. The largest absolute Gasteiger partial charge is 0.490 e. The lowest BCUT2D eigenvalue weighted by atomic mass is 9.95. The number of nitrogens with zero attached hydrogens (tertiary/aromatic N) is 4. The first kappa shape index (κ1) is 28.6. The number of benzene rings is 2. The zero-order valence-corrected chi connectivity index (χ0v) is 20.5. The number of primary sulfonamides is 1. The molecule has 0 unspecified atom stereocenters. The lowest BCUT2D eigenvalue weighted by Gasteiger charge is -2.17. The minimum atomic E-state index is -5.08. The number of alkyl halides is 3. The molecule has 0 aliphatic rings. The summed E-state index contributed by atoms with van der Waals surface area (Å²) in [5.74, 6) is -3.26. The second-order valence-corrected chi connectivity index (χ2v) is 11.0. The third-order valence-electron chi connectivity index (χ3n) is 4.92. The van der Waals surface area contributed by atoms with Crippen LogP contribution >= 0.6 is 0 Å². The van der Waals surface area contributed by atoms with E-state index in [4.69, 9.17) is 20.8 Å². The van der Waals surface area contributed by atoms with Crippen LogP contribution in [0, 0.1) is 0 Å². The van der Waals surface area contributed by atoms with Gasteiger partial charge in [0.2, 0.25) is 10.0 Å². The number of tetrazole rings is 1. The molecule has 18 heteroatoms. The van der Waals surface area contributed by atoms with Crippen molar-refractivity contribution in [1.29, 1.82) is 0 Å². The fourth-order valence-electron chi connectivity index (χ4n) is 3.44. The van der Waals surface area contributed by atoms with E-state index in [2.05, 4.69) is 25.6 Å². The second-order valence-electron chi connectivity index (χ2n) is 7.42. The van der Waals surface area contributed by atoms with Gasteiger partial charge in [0.25, 0.3) is 0 Å². The Morgan fingerprint density at radius 3 is 2.29 bits per heavy atom. The van der Waals surface area contributed by atoms with Crippen LogP contribution < -0.4 is 10.9 Å². The van der Waals surface area contributed by atoms with Crippen LogP contribution in [0.5, 0.6) is 0 Å². The van der Waals surface area contributed by atoms with Crippen molar-refractivity contribution in [3.05, 3.63) is 48.8 Å². The molecule has 0 spiro atoms. The predicted octanol–water partition coefficient (Wildman–Crippen LogP) is 1.10. The molecule has 2 heterocycles. The minimum absolute atomic E-state index is 0.0464. The number of H-pyrrole nitrogens is 1. The van der Waals surface area contributed by atoms with Gasteiger partial charge in [0.05, 0.1) is 10.6 Å². The highest BCUT2D eigenvalue weighted by Gasteiger charge is 2.38. The number of carboxylic acid groups (broad SMARTS) is 1. The van der Waals surface area contributed by atoms with Gasteiger partial charge in [-0.1, -0.05) is 24.3 Å². The number of aliphatic carboxylic acids is 1. The van der Waals surface area contributed by atoms with Gasteiger partial charge in [-0.15, -0.1) is 5.10 Å². The fourth-order valence-corrected chi connectivity index (χ4v) is 6.20. The predicted molar refractivity (Wildman–Crippen MR) is 127 cm³/mol. The van der Waals surface area contributed by atoms with E-state index >= 15 is 0 Å². The maximum Gasteiger partial charge on any atom is 0.490 e. The number of aromatic amines is 1. The van der Waals surface area contributed by atoms with Crippen LogP contribution in [0.4, 0.5) is 13.2 Å². The number of nitrogens with one attached hydrogen (secondary N) is 1. The fraction of sp³-hybridized carbons (Fsp3) is 0.150. The monoisotopic (exact) mass is 573 g/mol. The van der Waals surface area contributed by atoms with Gasteiger partial charge in [0.15, 0.2) is 15.7 Å². The van der Waals surface area contributed by atoms with E-state index in [1.165, 1.54) is 12.1 Å². The number of sulfonamides is 1.